The number of halogens is 6. The Morgan fingerprint density at radius 3 is 1.80 bits per heavy atom. The van der Waals surface area contributed by atoms with Gasteiger partial charge in [-0.25, -0.2) is 0 Å². The summed E-state index contributed by atoms with van der Waals surface area (Å²) in [6, 6.07) is 1.06. The number of hydrogen-bond acceptors (Lipinski definition) is 3. The number of alkyl halides is 6. The van der Waals surface area contributed by atoms with Crippen LogP contribution in [0, 0.1) is 11.3 Å². The van der Waals surface area contributed by atoms with Crippen molar-refractivity contribution in [3.05, 3.63) is 11.8 Å². The van der Waals surface area contributed by atoms with Gasteiger partial charge in [0, 0.05) is 6.08 Å². The van der Waals surface area contributed by atoms with E-state index in [2.05, 4.69) is 10.2 Å². The highest BCUT2D eigenvalue weighted by molar-refractivity contribution is 5.32. The maximum Gasteiger partial charge on any atom is 0.428 e. The standard InChI is InChI=1S/C6HF6N3/c7-5(8,9)4(6(10,11)12)1-3(2-13)14-15-4/h1H. The van der Waals surface area contributed by atoms with Crippen LogP contribution in [0.4, 0.5) is 26.3 Å². The summed E-state index contributed by atoms with van der Waals surface area (Å²) in [5.41, 5.74) is -5.39. The lowest BCUT2D eigenvalue weighted by molar-refractivity contribution is -0.278. The summed E-state index contributed by atoms with van der Waals surface area (Å²) < 4.78 is 73.2. The molecule has 9 heteroatoms. The number of azo groups is 1. The second-order valence-electron chi connectivity index (χ2n) is 2.60. The van der Waals surface area contributed by atoms with Crippen molar-refractivity contribution in [2.45, 2.75) is 17.9 Å². The molecule has 0 radical (unpaired) electrons. The molecule has 0 amide bonds. The fraction of sp³-hybridized carbons (Fsp3) is 0.500. The smallest absolute Gasteiger partial charge is 0.191 e. The van der Waals surface area contributed by atoms with Gasteiger partial charge < -0.3 is 0 Å². The zero-order valence-electron chi connectivity index (χ0n) is 6.69. The SMILES string of the molecule is N#CC1=CC(C(F)(F)F)(C(F)(F)F)N=N1. The van der Waals surface area contributed by atoms with Crippen LogP contribution in [0.3, 0.4) is 0 Å². The average molecular weight is 229 g/mol. The molecule has 1 rings (SSSR count). The van der Waals surface area contributed by atoms with Gasteiger partial charge in [0.1, 0.15) is 6.07 Å². The molecule has 15 heavy (non-hydrogen) atoms. The molecule has 0 bridgehead atoms. The van der Waals surface area contributed by atoms with Crippen molar-refractivity contribution in [2.75, 3.05) is 0 Å². The Hall–Kier alpha value is -1.59. The largest absolute Gasteiger partial charge is 0.428 e. The number of nitriles is 1. The van der Waals surface area contributed by atoms with Crippen molar-refractivity contribution in [1.29, 1.82) is 5.26 Å². The zero-order valence-corrected chi connectivity index (χ0v) is 6.69. The highest BCUT2D eigenvalue weighted by Gasteiger charge is 2.72. The number of allylic oxidation sites excluding steroid dienone is 1. The molecular weight excluding hydrogens is 228 g/mol. The molecule has 0 aromatic heterocycles. The van der Waals surface area contributed by atoms with Crippen LogP contribution in [0.15, 0.2) is 22.0 Å². The van der Waals surface area contributed by atoms with Crippen LogP contribution in [0.1, 0.15) is 0 Å². The lowest BCUT2D eigenvalue weighted by atomic mass is 9.99. The van der Waals surface area contributed by atoms with Crippen LogP contribution in [-0.4, -0.2) is 17.9 Å². The van der Waals surface area contributed by atoms with Crippen LogP contribution in [0.2, 0.25) is 0 Å². The van der Waals surface area contributed by atoms with Crippen LogP contribution >= 0.6 is 0 Å². The van der Waals surface area contributed by atoms with Gasteiger partial charge in [-0.3, -0.25) is 0 Å². The van der Waals surface area contributed by atoms with Crippen LogP contribution in [-0.2, 0) is 0 Å². The Kier molecular flexibility index (Phi) is 2.26. The Morgan fingerprint density at radius 1 is 1.13 bits per heavy atom. The highest BCUT2D eigenvalue weighted by Crippen LogP contribution is 2.49. The molecule has 0 spiro atoms. The van der Waals surface area contributed by atoms with E-state index in [0.717, 1.165) is 6.07 Å². The van der Waals surface area contributed by atoms with E-state index < -0.39 is 23.6 Å². The third-order valence-corrected chi connectivity index (χ3v) is 1.64. The highest BCUT2D eigenvalue weighted by atomic mass is 19.4. The molecule has 1 aliphatic rings. The Balaban J connectivity index is 3.34. The predicted molar refractivity (Wildman–Crippen MR) is 33.4 cm³/mol. The van der Waals surface area contributed by atoms with E-state index in [4.69, 9.17) is 5.26 Å². The van der Waals surface area contributed by atoms with Crippen LogP contribution in [0.25, 0.3) is 0 Å². The summed E-state index contributed by atoms with van der Waals surface area (Å²) in [4.78, 5) is 0. The summed E-state index contributed by atoms with van der Waals surface area (Å²) in [5.74, 6) is 0. The first-order valence-corrected chi connectivity index (χ1v) is 3.33. The first-order valence-electron chi connectivity index (χ1n) is 3.33. The van der Waals surface area contributed by atoms with Crippen molar-refractivity contribution < 1.29 is 26.3 Å². The second-order valence-corrected chi connectivity index (χ2v) is 2.60. The Bertz CT molecular complexity index is 354. The maximum absolute atomic E-state index is 12.2. The van der Waals surface area contributed by atoms with Crippen molar-refractivity contribution in [1.82, 2.24) is 0 Å². The molecular formula is C6HF6N3. The fourth-order valence-corrected chi connectivity index (χ4v) is 0.881. The molecule has 0 aliphatic carbocycles. The topological polar surface area (TPSA) is 48.5 Å². The van der Waals surface area contributed by atoms with Crippen LogP contribution in [0.5, 0.6) is 0 Å². The number of hydrogen-bond donors (Lipinski definition) is 0. The van der Waals surface area contributed by atoms with Crippen molar-refractivity contribution in [3.63, 3.8) is 0 Å². The van der Waals surface area contributed by atoms with E-state index in [1.807, 2.05) is 0 Å². The molecule has 0 N–H and O–H groups in total. The molecule has 1 heterocycles. The third kappa shape index (κ3) is 1.55. The third-order valence-electron chi connectivity index (χ3n) is 1.64. The number of nitrogens with zero attached hydrogens (tertiary/aromatic N) is 3. The van der Waals surface area contributed by atoms with Gasteiger partial charge in [-0.15, -0.1) is 5.11 Å². The zero-order chi connectivity index (χ0) is 11.9. The Morgan fingerprint density at radius 2 is 1.60 bits per heavy atom. The molecule has 0 atom stereocenters. The number of rotatable bonds is 0. The summed E-state index contributed by atoms with van der Waals surface area (Å²) in [7, 11) is 0. The first-order chi connectivity index (χ1) is 6.64. The summed E-state index contributed by atoms with van der Waals surface area (Å²) in [6.07, 6.45) is -11.7. The van der Waals surface area contributed by atoms with Gasteiger partial charge in [0.25, 0.3) is 5.54 Å². The quantitative estimate of drug-likeness (QED) is 0.589. The van der Waals surface area contributed by atoms with Gasteiger partial charge in [0.15, 0.2) is 5.70 Å². The van der Waals surface area contributed by atoms with Gasteiger partial charge in [-0.1, -0.05) is 0 Å². The summed E-state index contributed by atoms with van der Waals surface area (Å²) in [5, 5.41) is 12.8. The minimum Gasteiger partial charge on any atom is -0.191 e. The van der Waals surface area contributed by atoms with E-state index in [0.29, 0.717) is 0 Å². The van der Waals surface area contributed by atoms with Crippen molar-refractivity contribution in [2.24, 2.45) is 10.2 Å². The Labute approximate surface area is 78.7 Å². The van der Waals surface area contributed by atoms with E-state index in [1.165, 1.54) is 0 Å². The fourth-order valence-electron chi connectivity index (χ4n) is 0.881. The lowest BCUT2D eigenvalue weighted by Crippen LogP contribution is -2.52. The molecule has 1 aliphatic heterocycles. The van der Waals surface area contributed by atoms with Gasteiger partial charge in [-0.05, 0) is 0 Å². The van der Waals surface area contributed by atoms with Crippen molar-refractivity contribution >= 4 is 0 Å². The van der Waals surface area contributed by atoms with Crippen LogP contribution < -0.4 is 0 Å². The minimum absolute atomic E-state index is 0.340. The molecule has 0 fully saturated rings. The van der Waals surface area contributed by atoms with Crippen molar-refractivity contribution in [3.8, 4) is 6.07 Å². The van der Waals surface area contributed by atoms with E-state index in [-0.39, 0.29) is 6.08 Å². The average Bonchev–Trinajstić information content (AvgIpc) is 2.45. The second kappa shape index (κ2) is 2.95. The summed E-state index contributed by atoms with van der Waals surface area (Å²) >= 11 is 0. The van der Waals surface area contributed by atoms with Gasteiger partial charge in [-0.2, -0.15) is 36.7 Å². The molecule has 0 aromatic rings. The van der Waals surface area contributed by atoms with E-state index in [1.54, 1.807) is 0 Å². The lowest BCUT2D eigenvalue weighted by Gasteiger charge is -2.27. The van der Waals surface area contributed by atoms with Gasteiger partial charge in [0.2, 0.25) is 0 Å². The monoisotopic (exact) mass is 229 g/mol. The van der Waals surface area contributed by atoms with E-state index in [9.17, 15) is 26.3 Å². The summed E-state index contributed by atoms with van der Waals surface area (Å²) in [6.45, 7) is 0. The molecule has 0 unspecified atom stereocenters. The maximum atomic E-state index is 12.2. The molecule has 0 saturated heterocycles. The van der Waals surface area contributed by atoms with Gasteiger partial charge >= 0.3 is 12.4 Å². The van der Waals surface area contributed by atoms with Gasteiger partial charge in [0.05, 0.1) is 0 Å². The minimum atomic E-state index is -5.67. The molecule has 0 aromatic carbocycles. The molecule has 0 saturated carbocycles. The predicted octanol–water partition coefficient (Wildman–Crippen LogP) is 2.72. The first kappa shape index (κ1) is 11.5. The van der Waals surface area contributed by atoms with E-state index >= 15 is 0 Å². The normalized spacial score (nSPS) is 19.9. The molecule has 82 valence electrons. The molecule has 3 nitrogen and oxygen atoms in total.